The summed E-state index contributed by atoms with van der Waals surface area (Å²) in [5.41, 5.74) is 0. The van der Waals surface area contributed by atoms with Gasteiger partial charge in [0.15, 0.2) is 0 Å². The quantitative estimate of drug-likeness (QED) is 0.153. The molecule has 4 saturated heterocycles. The van der Waals surface area contributed by atoms with Crippen LogP contribution in [0.15, 0.2) is 48.5 Å². The van der Waals surface area contributed by atoms with Crippen molar-refractivity contribution in [3.63, 3.8) is 0 Å². The number of likely N-dealkylation sites (tertiary alicyclic amines) is 2. The van der Waals surface area contributed by atoms with Gasteiger partial charge < -0.3 is 20.0 Å². The zero-order valence-electron chi connectivity index (χ0n) is 42.4. The van der Waals surface area contributed by atoms with E-state index in [4.69, 9.17) is 8.75 Å². The summed E-state index contributed by atoms with van der Waals surface area (Å²) in [5, 5.41) is 23.2. The Bertz CT molecular complexity index is 2510. The van der Waals surface area contributed by atoms with Gasteiger partial charge in [-0.1, -0.05) is 49.9 Å². The van der Waals surface area contributed by atoms with Crippen LogP contribution in [0.3, 0.4) is 0 Å². The number of aromatic nitrogens is 2. The first-order chi connectivity index (χ1) is 35.2. The van der Waals surface area contributed by atoms with Crippen molar-refractivity contribution in [1.82, 2.24) is 28.3 Å². The van der Waals surface area contributed by atoms with Gasteiger partial charge in [0, 0.05) is 89.3 Å². The molecular weight excluding hydrogens is 1020 g/mol. The average Bonchev–Trinajstić information content (AvgIpc) is 4.32. The van der Waals surface area contributed by atoms with Crippen LogP contribution in [0.2, 0.25) is 0 Å². The number of benzene rings is 2. The van der Waals surface area contributed by atoms with Gasteiger partial charge in [0.25, 0.3) is 0 Å². The molecule has 4 aliphatic heterocycles. The zero-order chi connectivity index (χ0) is 48.8. The number of fused-ring (bicyclic) bond motifs is 12. The second-order valence-corrected chi connectivity index (χ2v) is 25.4. The predicted molar refractivity (Wildman–Crippen MR) is 294 cm³/mol. The number of piperazine rings is 2. The minimum Gasteiger partial charge on any atom is -0.393 e. The van der Waals surface area contributed by atoms with Gasteiger partial charge in [-0.25, -0.2) is 0 Å². The van der Waals surface area contributed by atoms with Crippen molar-refractivity contribution in [3.8, 4) is 0 Å². The van der Waals surface area contributed by atoms with Crippen molar-refractivity contribution >= 4 is 103 Å². The summed E-state index contributed by atoms with van der Waals surface area (Å²) < 4.78 is 12.0. The smallest absolute Gasteiger partial charge is 0.233 e. The lowest BCUT2D eigenvalue weighted by Crippen LogP contribution is -2.49. The fourth-order valence-corrected chi connectivity index (χ4v) is 18.1. The molecule has 4 amide bonds. The second kappa shape index (κ2) is 21.7. The van der Waals surface area contributed by atoms with Crippen LogP contribution in [0.1, 0.15) is 77.0 Å². The summed E-state index contributed by atoms with van der Waals surface area (Å²) in [5.74, 6) is 3.94. The van der Waals surface area contributed by atoms with Gasteiger partial charge in [-0.2, -0.15) is 8.75 Å². The highest BCUT2D eigenvalue weighted by Gasteiger charge is 2.65. The van der Waals surface area contributed by atoms with Crippen molar-refractivity contribution in [2.24, 2.45) is 71.0 Å². The van der Waals surface area contributed by atoms with E-state index >= 15 is 0 Å². The minimum atomic E-state index is -0.392. The van der Waals surface area contributed by atoms with Gasteiger partial charge in [0.1, 0.15) is 11.6 Å². The van der Waals surface area contributed by atoms with E-state index in [-0.39, 0.29) is 95.8 Å². The molecule has 14 atom stereocenters. The predicted octanol–water partition coefficient (Wildman–Crippen LogP) is 7.30. The molecule has 14 rings (SSSR count). The molecule has 400 valence electrons. The number of rotatable bonds is 10. The molecule has 10 aliphatic rings. The number of carbonyl (C=O) groups is 4. The van der Waals surface area contributed by atoms with Crippen molar-refractivity contribution in [3.05, 3.63) is 48.5 Å². The van der Waals surface area contributed by atoms with Crippen LogP contribution in [0, 0.1) is 71.0 Å². The molecule has 4 aromatic rings. The van der Waals surface area contributed by atoms with Gasteiger partial charge >= 0.3 is 0 Å². The minimum absolute atomic E-state index is 0. The van der Waals surface area contributed by atoms with E-state index in [0.29, 0.717) is 49.6 Å². The lowest BCUT2D eigenvalue weighted by atomic mass is 9.78. The Balaban J connectivity index is 0.000000155. The highest BCUT2D eigenvalue weighted by Crippen LogP contribution is 2.58. The van der Waals surface area contributed by atoms with E-state index in [1.54, 1.807) is 32.9 Å². The molecule has 14 nitrogen and oxygen atoms in total. The highest BCUT2D eigenvalue weighted by atomic mass is 35.5. The normalized spacial score (nSPS) is 35.9. The Morgan fingerprint density at radius 1 is 0.459 bits per heavy atom. The number of hydrogen-bond donors (Lipinski definition) is 2. The van der Waals surface area contributed by atoms with Crippen LogP contribution in [-0.4, -0.2) is 153 Å². The number of amides is 4. The van der Waals surface area contributed by atoms with Gasteiger partial charge in [-0.3, -0.25) is 38.8 Å². The summed E-state index contributed by atoms with van der Waals surface area (Å²) >= 11 is 3.17. The average molecular weight is 1090 g/mol. The molecule has 0 unspecified atom stereocenters. The Kier molecular flexibility index (Phi) is 15.4. The van der Waals surface area contributed by atoms with E-state index in [1.807, 2.05) is 0 Å². The van der Waals surface area contributed by atoms with Gasteiger partial charge in [-0.15, -0.1) is 24.8 Å². The van der Waals surface area contributed by atoms with Crippen LogP contribution in [0.4, 0.5) is 11.6 Å². The number of anilines is 2. The number of imide groups is 2. The molecule has 2 aromatic heterocycles. The van der Waals surface area contributed by atoms with Crippen molar-refractivity contribution in [2.45, 2.75) is 89.3 Å². The number of aliphatic hydroxyl groups excluding tert-OH is 2. The number of aliphatic hydroxyl groups is 2. The monoisotopic (exact) mass is 1090 g/mol. The summed E-state index contributed by atoms with van der Waals surface area (Å²) in [4.78, 5) is 66.5. The standard InChI is InChI=1S/2C28H36N4O3S.2ClH/c2*33-22-14-19-13-21(22)25-24(19)27(34)32(28(25)35)16-18-6-2-1-5-17(18)15-30-9-11-31(12-10-30)26-20-7-3-4-8-23(20)36-29-26;;/h2*3-4,7-8,17-19,21-22,24-25,33H,1-2,5-6,9-16H2;2*1H/t17-,18-,19+,21-,22-,24+,25-;17-,18-,19-,21+,22+,24-,25+;;/m00../s1. The maximum Gasteiger partial charge on any atom is 0.233 e. The van der Waals surface area contributed by atoms with Crippen molar-refractivity contribution in [2.75, 3.05) is 88.3 Å². The van der Waals surface area contributed by atoms with E-state index in [2.05, 4.69) is 68.1 Å². The van der Waals surface area contributed by atoms with Crippen LogP contribution < -0.4 is 9.80 Å². The third-order valence-corrected chi connectivity index (χ3v) is 21.8. The van der Waals surface area contributed by atoms with Crippen molar-refractivity contribution < 1.29 is 29.4 Å². The van der Waals surface area contributed by atoms with Gasteiger partial charge in [0.05, 0.1) is 45.3 Å². The third-order valence-electron chi connectivity index (χ3n) is 20.2. The molecule has 74 heavy (non-hydrogen) atoms. The SMILES string of the molecule is Cl.Cl.O=C1[C@@H]2[C@@H]3C[C@@H](C[C@H]3O)[C@@H]2C(=O)N1C[C@@H]1CCCC[C@H]1CN1CCN(c2nsc3ccccc23)CC1.O=C1[C@@H]2[C@@H]3C[C@H]([C@@H]2C(=O)N1C[C@@H]1CCCC[C@H]1CN1CCN(c2nsc4ccccc24)CC1)[C@@H](O)C3. The molecule has 0 spiro atoms. The molecule has 2 N–H and O–H groups in total. The number of carbonyl (C=O) groups excluding carboxylic acids is 4. The molecule has 18 heteroatoms. The summed E-state index contributed by atoms with van der Waals surface area (Å²) in [6, 6.07) is 17.0. The molecule has 0 radical (unpaired) electrons. The summed E-state index contributed by atoms with van der Waals surface area (Å²) in [6.45, 7) is 11.4. The second-order valence-electron chi connectivity index (χ2n) is 23.8. The number of nitrogens with zero attached hydrogens (tertiary/aromatic N) is 8. The molecule has 10 fully saturated rings. The summed E-state index contributed by atoms with van der Waals surface area (Å²) in [6.07, 6.45) is 11.8. The first kappa shape index (κ1) is 52.6. The van der Waals surface area contributed by atoms with Crippen molar-refractivity contribution in [1.29, 1.82) is 0 Å². The Morgan fingerprint density at radius 3 is 1.20 bits per heavy atom. The van der Waals surface area contributed by atoms with Crippen LogP contribution in [0.25, 0.3) is 20.2 Å². The highest BCUT2D eigenvalue weighted by molar-refractivity contribution is 7.14. The zero-order valence-corrected chi connectivity index (χ0v) is 45.7. The molecule has 6 saturated carbocycles. The molecular formula is C56H74Cl2N8O6S2. The van der Waals surface area contributed by atoms with Crippen LogP contribution >= 0.6 is 47.9 Å². The maximum atomic E-state index is 13.3. The summed E-state index contributed by atoms with van der Waals surface area (Å²) in [7, 11) is 0. The van der Waals surface area contributed by atoms with Crippen LogP contribution in [0.5, 0.6) is 0 Å². The topological polar surface area (TPSA) is 154 Å². The maximum absolute atomic E-state index is 13.3. The Morgan fingerprint density at radius 2 is 0.811 bits per heavy atom. The van der Waals surface area contributed by atoms with E-state index < -0.39 is 12.2 Å². The third kappa shape index (κ3) is 9.38. The van der Waals surface area contributed by atoms with Gasteiger partial charge in [0.2, 0.25) is 23.6 Å². The molecule has 6 heterocycles. The Hall–Kier alpha value is -3.48. The largest absolute Gasteiger partial charge is 0.393 e. The Labute approximate surface area is 455 Å². The van der Waals surface area contributed by atoms with E-state index in [0.717, 1.165) is 103 Å². The first-order valence-electron chi connectivity index (χ1n) is 27.9. The lowest BCUT2D eigenvalue weighted by molar-refractivity contribution is -0.143. The van der Waals surface area contributed by atoms with Crippen LogP contribution in [-0.2, 0) is 19.2 Å². The van der Waals surface area contributed by atoms with E-state index in [1.165, 1.54) is 58.7 Å². The number of halogens is 2. The van der Waals surface area contributed by atoms with Gasteiger partial charge in [-0.05, 0) is 146 Å². The number of hydrogen-bond acceptors (Lipinski definition) is 14. The first-order valence-corrected chi connectivity index (χ1v) is 29.4. The molecule has 2 aromatic carbocycles. The fourth-order valence-electron chi connectivity index (χ4n) is 16.5. The molecule has 4 bridgehead atoms. The van der Waals surface area contributed by atoms with E-state index in [9.17, 15) is 29.4 Å². The lowest BCUT2D eigenvalue weighted by Gasteiger charge is -2.40. The fraction of sp³-hybridized carbons (Fsp3) is 0.679. The molecule has 6 aliphatic carbocycles.